The van der Waals surface area contributed by atoms with E-state index in [0.29, 0.717) is 23.1 Å². The fraction of sp³-hybridized carbons (Fsp3) is 0.190. The van der Waals surface area contributed by atoms with Crippen LogP contribution in [-0.2, 0) is 9.59 Å². The molecule has 1 saturated heterocycles. The van der Waals surface area contributed by atoms with Gasteiger partial charge in [-0.1, -0.05) is 35.5 Å². The van der Waals surface area contributed by atoms with Gasteiger partial charge in [0.2, 0.25) is 11.8 Å². The van der Waals surface area contributed by atoms with Crippen LogP contribution in [0.1, 0.15) is 12.0 Å². The Hall–Kier alpha value is -2.93. The molecule has 0 radical (unpaired) electrons. The van der Waals surface area contributed by atoms with Crippen LogP contribution in [0.4, 0.5) is 15.8 Å². The number of nitrogens with one attached hydrogen (secondary N) is 1. The molecule has 1 heterocycles. The molecule has 5 nitrogen and oxygen atoms in total. The monoisotopic (exact) mass is 397 g/mol. The Morgan fingerprint density at radius 2 is 1.93 bits per heavy atom. The Morgan fingerprint density at radius 3 is 2.57 bits per heavy atom. The average Bonchev–Trinajstić information content (AvgIpc) is 2.94. The van der Waals surface area contributed by atoms with Crippen molar-refractivity contribution >= 4 is 40.1 Å². The molecule has 1 aliphatic heterocycles. The van der Waals surface area contributed by atoms with Crippen molar-refractivity contribution in [2.75, 3.05) is 11.9 Å². The third-order valence-electron chi connectivity index (χ3n) is 4.09. The maximum absolute atomic E-state index is 13.1. The number of thioether (sulfide) groups is 1. The number of rotatable bonds is 6. The van der Waals surface area contributed by atoms with Gasteiger partial charge in [-0.2, -0.15) is 0 Å². The molecular formula is C21H20FN3O2S. The minimum absolute atomic E-state index is 0.0352. The first-order valence-corrected chi connectivity index (χ1v) is 9.64. The number of benzene rings is 2. The van der Waals surface area contributed by atoms with Crippen molar-refractivity contribution in [1.82, 2.24) is 4.90 Å². The first-order valence-electron chi connectivity index (χ1n) is 8.76. The van der Waals surface area contributed by atoms with Crippen LogP contribution in [0.15, 0.2) is 66.2 Å². The van der Waals surface area contributed by atoms with Crippen LogP contribution < -0.4 is 5.32 Å². The molecule has 1 aliphatic rings. The third-order valence-corrected chi connectivity index (χ3v) is 5.26. The Morgan fingerprint density at radius 1 is 1.25 bits per heavy atom. The van der Waals surface area contributed by atoms with E-state index in [1.807, 2.05) is 31.2 Å². The quantitative estimate of drug-likeness (QED) is 0.740. The highest BCUT2D eigenvalue weighted by Crippen LogP contribution is 2.31. The molecule has 144 valence electrons. The maximum Gasteiger partial charge on any atom is 0.242 e. The van der Waals surface area contributed by atoms with Crippen molar-refractivity contribution in [1.29, 1.82) is 0 Å². The number of hydrogen-bond acceptors (Lipinski definition) is 4. The van der Waals surface area contributed by atoms with Crippen molar-refractivity contribution in [3.63, 3.8) is 0 Å². The molecule has 2 amide bonds. The summed E-state index contributed by atoms with van der Waals surface area (Å²) < 4.78 is 13.1. The number of amides is 2. The number of aliphatic imine (C=N–C) groups is 1. The van der Waals surface area contributed by atoms with Crippen molar-refractivity contribution < 1.29 is 14.0 Å². The summed E-state index contributed by atoms with van der Waals surface area (Å²) >= 11 is 1.23. The number of aryl methyl sites for hydroxylation is 1. The van der Waals surface area contributed by atoms with Crippen LogP contribution >= 0.6 is 11.8 Å². The zero-order chi connectivity index (χ0) is 20.1. The predicted octanol–water partition coefficient (Wildman–Crippen LogP) is 4.28. The number of carbonyl (C=O) groups excluding carboxylic acids is 2. The van der Waals surface area contributed by atoms with E-state index in [4.69, 9.17) is 0 Å². The Kier molecular flexibility index (Phi) is 6.26. The Balaban J connectivity index is 1.72. The van der Waals surface area contributed by atoms with Crippen LogP contribution in [-0.4, -0.2) is 33.7 Å². The molecule has 0 unspecified atom stereocenters. The molecule has 28 heavy (non-hydrogen) atoms. The van der Waals surface area contributed by atoms with Crippen LogP contribution in [0.3, 0.4) is 0 Å². The zero-order valence-electron chi connectivity index (χ0n) is 15.4. The number of anilines is 1. The van der Waals surface area contributed by atoms with E-state index in [2.05, 4.69) is 16.9 Å². The van der Waals surface area contributed by atoms with Gasteiger partial charge in [-0.3, -0.25) is 14.5 Å². The summed E-state index contributed by atoms with van der Waals surface area (Å²) in [6.07, 6.45) is 1.64. The molecule has 2 aromatic rings. The standard InChI is InChI=1S/C21H20FN3O2S/c1-3-12-25-20(27)18(13-19(26)23-16-8-4-14(2)5-9-16)28-21(25)24-17-10-6-15(22)7-11-17/h3-11,18H,1,12-13H2,2H3,(H,23,26)/t18-/m1/s1. The number of nitrogens with zero attached hydrogens (tertiary/aromatic N) is 2. The first-order chi connectivity index (χ1) is 13.5. The molecule has 0 aliphatic carbocycles. The van der Waals surface area contributed by atoms with E-state index in [9.17, 15) is 14.0 Å². The highest BCUT2D eigenvalue weighted by Gasteiger charge is 2.38. The van der Waals surface area contributed by atoms with Gasteiger partial charge in [0.25, 0.3) is 0 Å². The molecule has 2 aromatic carbocycles. The van der Waals surface area contributed by atoms with E-state index in [-0.39, 0.29) is 24.1 Å². The minimum Gasteiger partial charge on any atom is -0.326 e. The second-order valence-corrected chi connectivity index (χ2v) is 7.50. The fourth-order valence-electron chi connectivity index (χ4n) is 2.67. The summed E-state index contributed by atoms with van der Waals surface area (Å²) in [4.78, 5) is 31.0. The molecule has 7 heteroatoms. The smallest absolute Gasteiger partial charge is 0.242 e. The van der Waals surface area contributed by atoms with Gasteiger partial charge in [0.1, 0.15) is 11.1 Å². The van der Waals surface area contributed by atoms with Gasteiger partial charge in [-0.25, -0.2) is 9.38 Å². The van der Waals surface area contributed by atoms with E-state index < -0.39 is 5.25 Å². The molecule has 3 rings (SSSR count). The molecule has 0 aromatic heterocycles. The van der Waals surface area contributed by atoms with Gasteiger partial charge in [-0.05, 0) is 43.3 Å². The van der Waals surface area contributed by atoms with Gasteiger partial charge in [-0.15, -0.1) is 6.58 Å². The summed E-state index contributed by atoms with van der Waals surface area (Å²) in [5, 5.41) is 2.72. The van der Waals surface area contributed by atoms with E-state index in [1.165, 1.54) is 40.9 Å². The van der Waals surface area contributed by atoms with E-state index in [0.717, 1.165) is 5.56 Å². The van der Waals surface area contributed by atoms with Crippen molar-refractivity contribution in [3.05, 3.63) is 72.6 Å². The highest BCUT2D eigenvalue weighted by atomic mass is 32.2. The van der Waals surface area contributed by atoms with Crippen molar-refractivity contribution in [3.8, 4) is 0 Å². The molecule has 0 spiro atoms. The number of amidine groups is 1. The lowest BCUT2D eigenvalue weighted by molar-refractivity contribution is -0.127. The van der Waals surface area contributed by atoms with Gasteiger partial charge in [0.15, 0.2) is 5.17 Å². The first kappa shape index (κ1) is 19.8. The van der Waals surface area contributed by atoms with Gasteiger partial charge >= 0.3 is 0 Å². The topological polar surface area (TPSA) is 61.8 Å². The summed E-state index contributed by atoms with van der Waals surface area (Å²) in [5.74, 6) is -0.784. The van der Waals surface area contributed by atoms with Crippen LogP contribution in [0.5, 0.6) is 0 Å². The van der Waals surface area contributed by atoms with Crippen LogP contribution in [0, 0.1) is 12.7 Å². The Bertz CT molecular complexity index is 910. The summed E-state index contributed by atoms with van der Waals surface area (Å²) in [6.45, 7) is 5.94. The summed E-state index contributed by atoms with van der Waals surface area (Å²) in [7, 11) is 0. The van der Waals surface area contributed by atoms with Gasteiger partial charge in [0.05, 0.1) is 5.69 Å². The Labute approximate surface area is 167 Å². The van der Waals surface area contributed by atoms with Gasteiger partial charge < -0.3 is 5.32 Å². The van der Waals surface area contributed by atoms with Crippen LogP contribution in [0.2, 0.25) is 0 Å². The number of halogens is 1. The second kappa shape index (κ2) is 8.84. The lowest BCUT2D eigenvalue weighted by Crippen LogP contribution is -2.33. The molecule has 1 atom stereocenters. The van der Waals surface area contributed by atoms with Gasteiger partial charge in [0, 0.05) is 18.7 Å². The molecule has 0 saturated carbocycles. The van der Waals surface area contributed by atoms with E-state index in [1.54, 1.807) is 6.08 Å². The zero-order valence-corrected chi connectivity index (χ0v) is 16.2. The SMILES string of the molecule is C=CCN1C(=O)[C@@H](CC(=O)Nc2ccc(C)cc2)SC1=Nc1ccc(F)cc1. The largest absolute Gasteiger partial charge is 0.326 e. The highest BCUT2D eigenvalue weighted by molar-refractivity contribution is 8.15. The minimum atomic E-state index is -0.565. The maximum atomic E-state index is 13.1. The molecule has 1 fully saturated rings. The molecule has 1 N–H and O–H groups in total. The average molecular weight is 397 g/mol. The lowest BCUT2D eigenvalue weighted by atomic mass is 10.2. The normalized spacial score (nSPS) is 17.8. The third kappa shape index (κ3) is 4.86. The lowest BCUT2D eigenvalue weighted by Gasteiger charge is -2.13. The predicted molar refractivity (Wildman–Crippen MR) is 111 cm³/mol. The molecule has 0 bridgehead atoms. The van der Waals surface area contributed by atoms with Crippen LogP contribution in [0.25, 0.3) is 0 Å². The summed E-state index contributed by atoms with van der Waals surface area (Å²) in [5.41, 5.74) is 2.32. The van der Waals surface area contributed by atoms with Crippen molar-refractivity contribution in [2.45, 2.75) is 18.6 Å². The molecular weight excluding hydrogens is 377 g/mol. The number of carbonyl (C=O) groups is 2. The van der Waals surface area contributed by atoms with E-state index >= 15 is 0 Å². The second-order valence-electron chi connectivity index (χ2n) is 6.33. The summed E-state index contributed by atoms with van der Waals surface area (Å²) in [6, 6.07) is 13.2. The fourth-order valence-corrected chi connectivity index (χ4v) is 3.83. The van der Waals surface area contributed by atoms with Crippen molar-refractivity contribution in [2.24, 2.45) is 4.99 Å². The number of hydrogen-bond donors (Lipinski definition) is 1.